The molecule has 33 heavy (non-hydrogen) atoms. The number of hydrogen-bond donors (Lipinski definition) is 2. The summed E-state index contributed by atoms with van der Waals surface area (Å²) in [5, 5.41) is 2.96. The second kappa shape index (κ2) is 10.8. The number of likely N-dealkylation sites (tertiary alicyclic amines) is 1. The first-order chi connectivity index (χ1) is 15.7. The van der Waals surface area contributed by atoms with Crippen molar-refractivity contribution in [2.24, 2.45) is 5.92 Å². The monoisotopic (exact) mass is 471 g/mol. The Balaban J connectivity index is 1.70. The Hall–Kier alpha value is -2.87. The summed E-state index contributed by atoms with van der Waals surface area (Å²) in [6, 6.07) is 11.5. The Kier molecular flexibility index (Phi) is 8.13. The highest BCUT2D eigenvalue weighted by molar-refractivity contribution is 7.92. The maximum absolute atomic E-state index is 13.1. The van der Waals surface area contributed by atoms with Gasteiger partial charge >= 0.3 is 0 Å². The van der Waals surface area contributed by atoms with E-state index in [-0.39, 0.29) is 22.6 Å². The van der Waals surface area contributed by atoms with Crippen LogP contribution in [0.3, 0.4) is 0 Å². The van der Waals surface area contributed by atoms with Crippen LogP contribution >= 0.6 is 0 Å². The van der Waals surface area contributed by atoms with Gasteiger partial charge in [0.15, 0.2) is 0 Å². The lowest BCUT2D eigenvalue weighted by Gasteiger charge is -2.32. The lowest BCUT2D eigenvalue weighted by atomic mass is 9.96. The Morgan fingerprint density at radius 1 is 1.09 bits per heavy atom. The molecular weight excluding hydrogens is 438 g/mol. The first-order valence-electron chi connectivity index (χ1n) is 11.5. The van der Waals surface area contributed by atoms with Gasteiger partial charge in [0, 0.05) is 30.9 Å². The van der Waals surface area contributed by atoms with Crippen LogP contribution in [0.25, 0.3) is 0 Å². The fourth-order valence-electron chi connectivity index (χ4n) is 3.90. The van der Waals surface area contributed by atoms with Crippen LogP contribution in [0.15, 0.2) is 47.4 Å². The summed E-state index contributed by atoms with van der Waals surface area (Å²) in [6.07, 6.45) is 3.47. The Labute approximate surface area is 196 Å². The van der Waals surface area contributed by atoms with Crippen molar-refractivity contribution in [1.29, 1.82) is 0 Å². The minimum atomic E-state index is -3.78. The summed E-state index contributed by atoms with van der Waals surface area (Å²) in [5.41, 5.74) is 2.62. The molecule has 2 aromatic carbocycles. The molecule has 1 aliphatic rings. The molecule has 1 atom stereocenters. The summed E-state index contributed by atoms with van der Waals surface area (Å²) >= 11 is 0. The number of carbonyl (C=O) groups excluding carboxylic acids is 2. The molecule has 3 rings (SSSR count). The van der Waals surface area contributed by atoms with Gasteiger partial charge in [0.2, 0.25) is 5.91 Å². The summed E-state index contributed by atoms with van der Waals surface area (Å²) in [6.45, 7) is 7.47. The third kappa shape index (κ3) is 6.35. The van der Waals surface area contributed by atoms with Gasteiger partial charge in [-0.1, -0.05) is 25.5 Å². The van der Waals surface area contributed by atoms with Crippen molar-refractivity contribution in [2.45, 2.75) is 51.3 Å². The zero-order chi connectivity index (χ0) is 24.0. The number of hydrogen-bond acceptors (Lipinski definition) is 4. The average molecular weight is 472 g/mol. The second-order valence-corrected chi connectivity index (χ2v) is 10.3. The molecule has 2 amide bonds. The van der Waals surface area contributed by atoms with E-state index in [9.17, 15) is 18.0 Å². The van der Waals surface area contributed by atoms with Crippen molar-refractivity contribution in [3.05, 3.63) is 59.2 Å². The predicted octanol–water partition coefficient (Wildman–Crippen LogP) is 3.87. The van der Waals surface area contributed by atoms with E-state index in [0.717, 1.165) is 36.8 Å². The predicted molar refractivity (Wildman–Crippen MR) is 130 cm³/mol. The van der Waals surface area contributed by atoms with Crippen LogP contribution in [0.4, 0.5) is 5.69 Å². The van der Waals surface area contributed by atoms with E-state index in [4.69, 9.17) is 0 Å². The van der Waals surface area contributed by atoms with Crippen LogP contribution in [0.5, 0.6) is 0 Å². The molecule has 0 bridgehead atoms. The number of benzene rings is 2. The molecular formula is C25H33N3O4S. The zero-order valence-corrected chi connectivity index (χ0v) is 20.4. The minimum Gasteiger partial charge on any atom is -0.356 e. The Morgan fingerprint density at radius 2 is 1.88 bits per heavy atom. The average Bonchev–Trinajstić information content (AvgIpc) is 2.80. The Bertz CT molecular complexity index is 1110. The third-order valence-electron chi connectivity index (χ3n) is 6.06. The molecule has 0 aromatic heterocycles. The highest BCUT2D eigenvalue weighted by atomic mass is 32.2. The molecule has 0 radical (unpaired) electrons. The smallest absolute Gasteiger partial charge is 0.261 e. The largest absolute Gasteiger partial charge is 0.356 e. The van der Waals surface area contributed by atoms with Crippen molar-refractivity contribution < 1.29 is 18.0 Å². The van der Waals surface area contributed by atoms with E-state index < -0.39 is 10.0 Å². The van der Waals surface area contributed by atoms with Gasteiger partial charge in [-0.2, -0.15) is 0 Å². The lowest BCUT2D eigenvalue weighted by Crippen LogP contribution is -2.45. The summed E-state index contributed by atoms with van der Waals surface area (Å²) < 4.78 is 28.2. The van der Waals surface area contributed by atoms with Crippen molar-refractivity contribution in [2.75, 3.05) is 24.4 Å². The molecule has 178 valence electrons. The number of amides is 2. The molecule has 1 aliphatic heterocycles. The quantitative estimate of drug-likeness (QED) is 0.571. The minimum absolute atomic E-state index is 0.00384. The number of carbonyl (C=O) groups is 2. The van der Waals surface area contributed by atoms with Crippen LogP contribution in [0.2, 0.25) is 0 Å². The van der Waals surface area contributed by atoms with E-state index >= 15 is 0 Å². The first-order valence-corrected chi connectivity index (χ1v) is 13.0. The molecule has 1 saturated heterocycles. The summed E-state index contributed by atoms with van der Waals surface area (Å²) in [5.74, 6) is -0.421. The van der Waals surface area contributed by atoms with E-state index in [1.54, 1.807) is 47.4 Å². The molecule has 8 heteroatoms. The number of piperidine rings is 1. The van der Waals surface area contributed by atoms with Crippen molar-refractivity contribution >= 4 is 27.5 Å². The van der Waals surface area contributed by atoms with Crippen molar-refractivity contribution in [1.82, 2.24) is 10.2 Å². The fraction of sp³-hybridized carbons (Fsp3) is 0.440. The van der Waals surface area contributed by atoms with E-state index in [0.29, 0.717) is 30.9 Å². The SMILES string of the molecule is CCCCNC(=O)C1CCCN(C(=O)c2cccc(NS(=O)(=O)c3ccc(C)c(C)c3)c2)C1. The van der Waals surface area contributed by atoms with Crippen LogP contribution in [-0.4, -0.2) is 44.8 Å². The van der Waals surface area contributed by atoms with Gasteiger partial charge in [-0.05, 0) is 74.6 Å². The van der Waals surface area contributed by atoms with Crippen molar-refractivity contribution in [3.8, 4) is 0 Å². The van der Waals surface area contributed by atoms with E-state index in [1.807, 2.05) is 13.8 Å². The number of nitrogens with one attached hydrogen (secondary N) is 2. The van der Waals surface area contributed by atoms with Gasteiger partial charge < -0.3 is 10.2 Å². The normalized spacial score (nSPS) is 16.3. The van der Waals surface area contributed by atoms with Crippen molar-refractivity contribution in [3.63, 3.8) is 0 Å². The number of nitrogens with zero attached hydrogens (tertiary/aromatic N) is 1. The molecule has 1 heterocycles. The van der Waals surface area contributed by atoms with Gasteiger partial charge in [0.25, 0.3) is 15.9 Å². The van der Waals surface area contributed by atoms with Crippen LogP contribution in [0, 0.1) is 19.8 Å². The molecule has 0 aliphatic carbocycles. The molecule has 2 aromatic rings. The molecule has 0 spiro atoms. The zero-order valence-electron chi connectivity index (χ0n) is 19.6. The first kappa shape index (κ1) is 24.8. The molecule has 1 unspecified atom stereocenters. The van der Waals surface area contributed by atoms with Crippen LogP contribution in [-0.2, 0) is 14.8 Å². The van der Waals surface area contributed by atoms with Gasteiger partial charge in [-0.3, -0.25) is 14.3 Å². The molecule has 1 fully saturated rings. The summed E-state index contributed by atoms with van der Waals surface area (Å²) in [7, 11) is -3.78. The Morgan fingerprint density at radius 3 is 2.61 bits per heavy atom. The maximum atomic E-state index is 13.1. The molecule has 7 nitrogen and oxygen atoms in total. The highest BCUT2D eigenvalue weighted by Crippen LogP contribution is 2.22. The number of sulfonamides is 1. The summed E-state index contributed by atoms with van der Waals surface area (Å²) in [4.78, 5) is 27.4. The van der Waals surface area contributed by atoms with Gasteiger partial charge in [0.05, 0.1) is 10.8 Å². The fourth-order valence-corrected chi connectivity index (χ4v) is 5.04. The molecule has 0 saturated carbocycles. The topological polar surface area (TPSA) is 95.6 Å². The van der Waals surface area contributed by atoms with Gasteiger partial charge in [0.1, 0.15) is 0 Å². The van der Waals surface area contributed by atoms with Gasteiger partial charge in [-0.25, -0.2) is 8.42 Å². The van der Waals surface area contributed by atoms with Gasteiger partial charge in [-0.15, -0.1) is 0 Å². The number of rotatable bonds is 8. The standard InChI is InChI=1S/C25H33N3O4S/c1-4-5-13-26-24(29)21-9-7-14-28(17-21)25(30)20-8-6-10-22(16-20)27-33(31,32)23-12-11-18(2)19(3)15-23/h6,8,10-12,15-16,21,27H,4-5,7,9,13-14,17H2,1-3H3,(H,26,29). The van der Waals surface area contributed by atoms with Crippen LogP contribution in [0.1, 0.15) is 54.1 Å². The lowest BCUT2D eigenvalue weighted by molar-refractivity contribution is -0.126. The third-order valence-corrected chi connectivity index (χ3v) is 7.44. The van der Waals surface area contributed by atoms with E-state index in [1.165, 1.54) is 0 Å². The van der Waals surface area contributed by atoms with Crippen LogP contribution < -0.4 is 10.0 Å². The maximum Gasteiger partial charge on any atom is 0.261 e. The number of aryl methyl sites for hydroxylation is 2. The number of anilines is 1. The number of unbranched alkanes of at least 4 members (excludes halogenated alkanes) is 1. The molecule has 2 N–H and O–H groups in total. The second-order valence-electron chi connectivity index (χ2n) is 8.67. The highest BCUT2D eigenvalue weighted by Gasteiger charge is 2.29. The van der Waals surface area contributed by atoms with E-state index in [2.05, 4.69) is 17.0 Å².